The van der Waals surface area contributed by atoms with Crippen LogP contribution in [0.1, 0.15) is 97.1 Å². The highest BCUT2D eigenvalue weighted by Gasteiger charge is 2.41. The van der Waals surface area contributed by atoms with Crippen LogP contribution < -0.4 is 0 Å². The molecule has 4 nitrogen and oxygen atoms in total. The molecule has 0 saturated heterocycles. The average molecular weight is 509 g/mol. The van der Waals surface area contributed by atoms with Gasteiger partial charge < -0.3 is 10.2 Å². The number of rotatable bonds is 12. The van der Waals surface area contributed by atoms with Crippen LogP contribution in [0.3, 0.4) is 0 Å². The summed E-state index contributed by atoms with van der Waals surface area (Å²) in [7, 11) is 0. The Bertz CT molecular complexity index is 1000. The van der Waals surface area contributed by atoms with Gasteiger partial charge in [0.05, 0.1) is 32.0 Å². The highest BCUT2D eigenvalue weighted by atomic mass is 32.2. The molecule has 184 valence electrons. The lowest BCUT2D eigenvalue weighted by atomic mass is 9.82. The van der Waals surface area contributed by atoms with E-state index >= 15 is 8.78 Å². The van der Waals surface area contributed by atoms with E-state index in [2.05, 4.69) is 13.8 Å². The van der Waals surface area contributed by atoms with E-state index in [-0.39, 0.29) is 9.79 Å². The van der Waals surface area contributed by atoms with Crippen LogP contribution in [0.5, 0.6) is 11.5 Å². The molecule has 1 aliphatic rings. The Morgan fingerprint density at radius 2 is 1.03 bits per heavy atom. The lowest BCUT2D eigenvalue weighted by molar-refractivity contribution is 0.0965. The Kier molecular flexibility index (Phi) is 9.42. The van der Waals surface area contributed by atoms with Gasteiger partial charge in [0.1, 0.15) is 23.1 Å². The third kappa shape index (κ3) is 5.28. The van der Waals surface area contributed by atoms with E-state index in [1.807, 2.05) is 0 Å². The summed E-state index contributed by atoms with van der Waals surface area (Å²) in [5.41, 5.74) is -2.31. The van der Waals surface area contributed by atoms with Gasteiger partial charge in [-0.25, -0.2) is 8.78 Å². The zero-order chi connectivity index (χ0) is 24.8. The van der Waals surface area contributed by atoms with E-state index in [1.54, 1.807) is 0 Å². The predicted molar refractivity (Wildman–Crippen MR) is 133 cm³/mol. The fourth-order valence-corrected chi connectivity index (χ4v) is 6.38. The van der Waals surface area contributed by atoms with Crippen LogP contribution in [0.25, 0.3) is 0 Å². The maximum Gasteiger partial charge on any atom is 0.201 e. The van der Waals surface area contributed by atoms with Crippen LogP contribution in [0.2, 0.25) is 0 Å². The molecule has 8 heteroatoms. The lowest BCUT2D eigenvalue weighted by Gasteiger charge is -2.23. The summed E-state index contributed by atoms with van der Waals surface area (Å²) in [5, 5.41) is 20.4. The Morgan fingerprint density at radius 3 is 1.38 bits per heavy atom. The zero-order valence-corrected chi connectivity index (χ0v) is 21.1. The molecule has 2 aromatic rings. The molecular weight excluding hydrogens is 478 g/mol. The van der Waals surface area contributed by atoms with Gasteiger partial charge in [0.25, 0.3) is 0 Å². The largest absolute Gasteiger partial charge is 0.507 e. The number of thioether (sulfide) groups is 2. The SMILES string of the molecule is CCCCCCSc1c(F)c2c(c(F)c1SCCCCCC)C(=O)c1c(O)ccc(O)c1C2=O. The number of halogens is 2. The minimum Gasteiger partial charge on any atom is -0.507 e. The summed E-state index contributed by atoms with van der Waals surface area (Å²) < 4.78 is 31.7. The van der Waals surface area contributed by atoms with Gasteiger partial charge in [0, 0.05) is 0 Å². The summed E-state index contributed by atoms with van der Waals surface area (Å²) in [5.74, 6) is -3.85. The summed E-state index contributed by atoms with van der Waals surface area (Å²) >= 11 is 2.32. The molecule has 2 aromatic carbocycles. The standard InChI is InChI=1S/C26H30F2O4S2/c1-3-5-7-9-13-33-25-21(27)19-20(22(28)26(25)34-14-10-8-6-4-2)24(32)18-16(30)12-11-15(29)17(18)23(19)31/h11-12,29-30H,3-10,13-14H2,1-2H3. The first-order valence-electron chi connectivity index (χ1n) is 11.8. The number of aromatic hydroxyl groups is 2. The lowest BCUT2D eigenvalue weighted by Crippen LogP contribution is -2.25. The third-order valence-corrected chi connectivity index (χ3v) is 8.31. The molecule has 1 aliphatic carbocycles. The van der Waals surface area contributed by atoms with Crippen molar-refractivity contribution in [1.29, 1.82) is 0 Å². The molecule has 0 bridgehead atoms. The Hall–Kier alpha value is -2.06. The molecule has 2 N–H and O–H groups in total. The smallest absolute Gasteiger partial charge is 0.201 e. The topological polar surface area (TPSA) is 74.6 Å². The minimum absolute atomic E-state index is 0.0393. The molecule has 0 atom stereocenters. The number of fused-ring (bicyclic) bond motifs is 2. The molecule has 3 rings (SSSR count). The molecule has 0 unspecified atom stereocenters. The summed E-state index contributed by atoms with van der Waals surface area (Å²) in [4.78, 5) is 26.4. The average Bonchev–Trinajstić information content (AvgIpc) is 2.81. The number of phenolic OH excluding ortho intramolecular Hbond substituents is 2. The van der Waals surface area contributed by atoms with E-state index < -0.39 is 57.0 Å². The van der Waals surface area contributed by atoms with Crippen molar-refractivity contribution in [1.82, 2.24) is 0 Å². The van der Waals surface area contributed by atoms with Crippen LogP contribution in [-0.2, 0) is 0 Å². The van der Waals surface area contributed by atoms with Gasteiger partial charge in [0.15, 0.2) is 0 Å². The van der Waals surface area contributed by atoms with E-state index in [4.69, 9.17) is 0 Å². The fourth-order valence-electron chi connectivity index (χ4n) is 4.03. The molecule has 0 aliphatic heterocycles. The number of phenols is 2. The summed E-state index contributed by atoms with van der Waals surface area (Å²) in [6, 6.07) is 2.12. The van der Waals surface area contributed by atoms with Crippen molar-refractivity contribution < 1.29 is 28.6 Å². The summed E-state index contributed by atoms with van der Waals surface area (Å²) in [6.45, 7) is 4.18. The van der Waals surface area contributed by atoms with Crippen molar-refractivity contribution in [3.8, 4) is 11.5 Å². The maximum atomic E-state index is 15.8. The molecule has 0 spiro atoms. The molecule has 0 aromatic heterocycles. The predicted octanol–water partition coefficient (Wildman–Crippen LogP) is 7.50. The molecule has 0 saturated carbocycles. The second kappa shape index (κ2) is 12.1. The number of carbonyl (C=O) groups is 2. The Balaban J connectivity index is 2.07. The summed E-state index contributed by atoms with van der Waals surface area (Å²) in [6.07, 6.45) is 7.78. The molecular formula is C26H30F2O4S2. The molecule has 0 heterocycles. The molecule has 0 fully saturated rings. The van der Waals surface area contributed by atoms with Crippen molar-refractivity contribution in [2.75, 3.05) is 11.5 Å². The molecule has 0 amide bonds. The van der Waals surface area contributed by atoms with E-state index in [0.29, 0.717) is 11.5 Å². The highest BCUT2D eigenvalue weighted by molar-refractivity contribution is 8.02. The number of hydrogen-bond acceptors (Lipinski definition) is 6. The first kappa shape index (κ1) is 26.5. The second-order valence-corrected chi connectivity index (χ2v) is 10.6. The van der Waals surface area contributed by atoms with Crippen molar-refractivity contribution in [3.05, 3.63) is 46.0 Å². The van der Waals surface area contributed by atoms with Crippen LogP contribution in [-0.4, -0.2) is 33.3 Å². The minimum atomic E-state index is -0.998. The first-order valence-corrected chi connectivity index (χ1v) is 13.8. The van der Waals surface area contributed by atoms with Gasteiger partial charge >= 0.3 is 0 Å². The first-order chi connectivity index (χ1) is 16.3. The van der Waals surface area contributed by atoms with Gasteiger partial charge in [-0.1, -0.05) is 52.4 Å². The van der Waals surface area contributed by atoms with E-state index in [0.717, 1.165) is 87.0 Å². The molecule has 0 radical (unpaired) electrons. The van der Waals surface area contributed by atoms with E-state index in [1.165, 1.54) is 0 Å². The normalized spacial score (nSPS) is 12.7. The van der Waals surface area contributed by atoms with Crippen LogP contribution in [0.4, 0.5) is 8.78 Å². The van der Waals surface area contributed by atoms with Gasteiger partial charge in [-0.3, -0.25) is 9.59 Å². The fraction of sp³-hybridized carbons (Fsp3) is 0.462. The van der Waals surface area contributed by atoms with Crippen molar-refractivity contribution in [3.63, 3.8) is 0 Å². The second-order valence-electron chi connectivity index (χ2n) is 8.37. The number of benzene rings is 2. The van der Waals surface area contributed by atoms with Gasteiger partial charge in [0.2, 0.25) is 11.6 Å². The maximum absolute atomic E-state index is 15.8. The number of ketones is 2. The zero-order valence-electron chi connectivity index (χ0n) is 19.5. The monoisotopic (exact) mass is 508 g/mol. The van der Waals surface area contributed by atoms with Crippen molar-refractivity contribution >= 4 is 35.1 Å². The van der Waals surface area contributed by atoms with Crippen LogP contribution in [0.15, 0.2) is 21.9 Å². The Morgan fingerprint density at radius 1 is 0.647 bits per heavy atom. The Labute approximate surface area is 207 Å². The van der Waals surface area contributed by atoms with E-state index in [9.17, 15) is 19.8 Å². The van der Waals surface area contributed by atoms with Crippen LogP contribution >= 0.6 is 23.5 Å². The van der Waals surface area contributed by atoms with Crippen molar-refractivity contribution in [2.45, 2.75) is 75.0 Å². The highest BCUT2D eigenvalue weighted by Crippen LogP contribution is 2.45. The number of hydrogen-bond donors (Lipinski definition) is 2. The number of carbonyl (C=O) groups excluding carboxylic acids is 2. The van der Waals surface area contributed by atoms with Gasteiger partial charge in [-0.2, -0.15) is 0 Å². The van der Waals surface area contributed by atoms with Crippen LogP contribution in [0, 0.1) is 11.6 Å². The van der Waals surface area contributed by atoms with Gasteiger partial charge in [-0.15, -0.1) is 23.5 Å². The third-order valence-electron chi connectivity index (χ3n) is 5.85. The van der Waals surface area contributed by atoms with Gasteiger partial charge in [-0.05, 0) is 36.5 Å². The quantitative estimate of drug-likeness (QED) is 0.150. The number of unbranched alkanes of at least 4 members (excludes halogenated alkanes) is 6. The molecule has 34 heavy (non-hydrogen) atoms. The van der Waals surface area contributed by atoms with Crippen molar-refractivity contribution in [2.24, 2.45) is 0 Å².